The van der Waals surface area contributed by atoms with E-state index in [-0.39, 0.29) is 17.7 Å². The van der Waals surface area contributed by atoms with Crippen LogP contribution in [0.4, 0.5) is 0 Å². The van der Waals surface area contributed by atoms with Gasteiger partial charge in [0.05, 0.1) is 12.2 Å². The molecule has 2 aliphatic heterocycles. The van der Waals surface area contributed by atoms with Gasteiger partial charge >= 0.3 is 0 Å². The smallest absolute Gasteiger partial charge is 0.241 e. The van der Waals surface area contributed by atoms with Crippen molar-refractivity contribution < 1.29 is 9.59 Å². The Morgan fingerprint density at radius 2 is 2.00 bits per heavy atom. The topological polar surface area (TPSA) is 69.3 Å². The lowest BCUT2D eigenvalue weighted by atomic mass is 9.73. The van der Waals surface area contributed by atoms with E-state index in [0.717, 1.165) is 47.7 Å². The van der Waals surface area contributed by atoms with Gasteiger partial charge in [0.2, 0.25) is 11.8 Å². The fraction of sp³-hybridized carbons (Fsp3) is 0.522. The Morgan fingerprint density at radius 3 is 2.55 bits per heavy atom. The number of carbonyl (C=O) groups is 2. The molecule has 3 rings (SSSR count). The molecule has 0 radical (unpaired) electrons. The summed E-state index contributed by atoms with van der Waals surface area (Å²) in [5.74, 6) is 0.769. The van der Waals surface area contributed by atoms with Gasteiger partial charge in [0.25, 0.3) is 0 Å². The molecule has 0 unspecified atom stereocenters. The second-order valence-electron chi connectivity index (χ2n) is 8.39. The second-order valence-corrected chi connectivity index (χ2v) is 8.39. The zero-order valence-corrected chi connectivity index (χ0v) is 18.0. The summed E-state index contributed by atoms with van der Waals surface area (Å²) in [7, 11) is 0. The number of nitrogens with zero attached hydrogens (tertiary/aromatic N) is 3. The van der Waals surface area contributed by atoms with E-state index in [4.69, 9.17) is 4.98 Å². The molecule has 1 N–H and O–H groups in total. The van der Waals surface area contributed by atoms with Crippen LogP contribution in [-0.2, 0) is 22.6 Å². The molecule has 0 atom stereocenters. The first-order chi connectivity index (χ1) is 13.8. The summed E-state index contributed by atoms with van der Waals surface area (Å²) in [5.41, 5.74) is 3.04. The van der Waals surface area contributed by atoms with Crippen molar-refractivity contribution in [1.29, 1.82) is 0 Å². The van der Waals surface area contributed by atoms with Crippen LogP contribution in [0.5, 0.6) is 0 Å². The lowest BCUT2D eigenvalue weighted by Gasteiger charge is -2.48. The monoisotopic (exact) mass is 396 g/mol. The van der Waals surface area contributed by atoms with Crippen molar-refractivity contribution in [3.05, 3.63) is 53.8 Å². The minimum Gasteiger partial charge on any atom is -0.344 e. The van der Waals surface area contributed by atoms with Crippen LogP contribution in [0.2, 0.25) is 0 Å². The highest BCUT2D eigenvalue weighted by molar-refractivity contribution is 5.96. The number of rotatable bonds is 8. The maximum absolute atomic E-state index is 13.5. The number of carbonyl (C=O) groups excluding carboxylic acids is 2. The van der Waals surface area contributed by atoms with Crippen LogP contribution in [0, 0.1) is 18.3 Å². The van der Waals surface area contributed by atoms with Crippen LogP contribution in [0.3, 0.4) is 0 Å². The number of nitrogens with one attached hydrogen (secondary N) is 1. The molecule has 1 aromatic rings. The molecule has 6 nitrogen and oxygen atoms in total. The maximum atomic E-state index is 13.5. The second kappa shape index (κ2) is 8.01. The van der Waals surface area contributed by atoms with Crippen LogP contribution in [0.15, 0.2) is 36.6 Å². The molecule has 0 aromatic carbocycles. The average Bonchev–Trinajstić information content (AvgIpc) is 3.12. The normalized spacial score (nSPS) is 18.0. The Bertz CT molecular complexity index is 871. The Labute approximate surface area is 173 Å². The molecule has 1 spiro atoms. The van der Waals surface area contributed by atoms with Crippen molar-refractivity contribution in [3.63, 3.8) is 0 Å². The number of amides is 2. The number of allylic oxidation sites excluding steroid dienone is 2. The third kappa shape index (κ3) is 3.45. The molecule has 1 fully saturated rings. The van der Waals surface area contributed by atoms with E-state index in [9.17, 15) is 9.59 Å². The largest absolute Gasteiger partial charge is 0.344 e. The van der Waals surface area contributed by atoms with Gasteiger partial charge < -0.3 is 14.8 Å². The minimum absolute atomic E-state index is 0.000678. The molecule has 29 heavy (non-hydrogen) atoms. The first-order valence-electron chi connectivity index (χ1n) is 10.4. The van der Waals surface area contributed by atoms with Gasteiger partial charge in [-0.15, -0.1) is 0 Å². The quantitative estimate of drug-likeness (QED) is 0.731. The van der Waals surface area contributed by atoms with Crippen molar-refractivity contribution in [2.24, 2.45) is 11.3 Å². The Kier molecular flexibility index (Phi) is 5.82. The van der Waals surface area contributed by atoms with Gasteiger partial charge in [0, 0.05) is 30.4 Å². The van der Waals surface area contributed by atoms with Crippen LogP contribution >= 0.6 is 0 Å². The Morgan fingerprint density at radius 1 is 1.31 bits per heavy atom. The van der Waals surface area contributed by atoms with Crippen molar-refractivity contribution in [2.75, 3.05) is 13.1 Å². The van der Waals surface area contributed by atoms with E-state index in [1.807, 2.05) is 20.8 Å². The predicted molar refractivity (Wildman–Crippen MR) is 114 cm³/mol. The van der Waals surface area contributed by atoms with E-state index >= 15 is 0 Å². The first-order valence-corrected chi connectivity index (χ1v) is 10.4. The summed E-state index contributed by atoms with van der Waals surface area (Å²) in [5, 5.41) is 0. The van der Waals surface area contributed by atoms with Gasteiger partial charge in [-0.05, 0) is 31.4 Å². The summed E-state index contributed by atoms with van der Waals surface area (Å²) < 4.78 is 0. The number of unbranched alkanes of at least 4 members (excludes halogenated alkanes) is 1. The summed E-state index contributed by atoms with van der Waals surface area (Å²) in [4.78, 5) is 37.4. The van der Waals surface area contributed by atoms with Gasteiger partial charge in [0.15, 0.2) is 0 Å². The highest BCUT2D eigenvalue weighted by Gasteiger charge is 2.59. The molecule has 2 amide bonds. The van der Waals surface area contributed by atoms with Crippen molar-refractivity contribution in [2.45, 2.75) is 53.5 Å². The summed E-state index contributed by atoms with van der Waals surface area (Å²) in [6, 6.07) is 0. The molecule has 1 aromatic heterocycles. The van der Waals surface area contributed by atoms with Crippen molar-refractivity contribution in [3.8, 4) is 0 Å². The lowest BCUT2D eigenvalue weighted by Crippen LogP contribution is -2.63. The molecule has 3 heterocycles. The number of H-pyrrole nitrogens is 1. The van der Waals surface area contributed by atoms with E-state index in [1.165, 1.54) is 0 Å². The number of hydrogen-bond donors (Lipinski definition) is 1. The number of hydrogen-bond acceptors (Lipinski definition) is 3. The van der Waals surface area contributed by atoms with Crippen LogP contribution in [-0.4, -0.2) is 44.7 Å². The maximum Gasteiger partial charge on any atom is 0.241 e. The van der Waals surface area contributed by atoms with Gasteiger partial charge in [-0.2, -0.15) is 0 Å². The molecule has 156 valence electrons. The Hall–Kier alpha value is -2.63. The van der Waals surface area contributed by atoms with Crippen LogP contribution < -0.4 is 0 Å². The molecule has 0 aliphatic carbocycles. The van der Waals surface area contributed by atoms with E-state index in [0.29, 0.717) is 19.6 Å². The molecular weight excluding hydrogens is 364 g/mol. The number of aromatic nitrogens is 2. The fourth-order valence-electron chi connectivity index (χ4n) is 4.36. The standard InChI is InChI=1S/C23H32N4O2/c1-7-10-11-18-16(6)24-20(25-18)12-27-19(9-3)17(8-2)23(22(27)29)13-26(14-23)21(28)15(4)5/h8-9,15H,2-3,7,10-14H2,1,4-6H3,(H,24,25). The molecule has 0 saturated carbocycles. The third-order valence-corrected chi connectivity index (χ3v) is 5.97. The van der Waals surface area contributed by atoms with Gasteiger partial charge in [-0.1, -0.05) is 46.4 Å². The lowest BCUT2D eigenvalue weighted by molar-refractivity contribution is -0.154. The Balaban J connectivity index is 1.85. The van der Waals surface area contributed by atoms with E-state index in [1.54, 1.807) is 22.0 Å². The number of aromatic amines is 1. The average molecular weight is 397 g/mol. The molecule has 6 heteroatoms. The first kappa shape index (κ1) is 21.1. The highest BCUT2D eigenvalue weighted by atomic mass is 16.2. The van der Waals surface area contributed by atoms with Gasteiger partial charge in [-0.25, -0.2) is 4.98 Å². The van der Waals surface area contributed by atoms with Gasteiger partial charge in [0.1, 0.15) is 11.2 Å². The SMILES string of the molecule is C=CC1=C(C=C)C2(CN(C(=O)C(C)C)C2)C(=O)N1Cc1nc(CCCC)c(C)[nH]1. The van der Waals surface area contributed by atoms with E-state index < -0.39 is 5.41 Å². The number of likely N-dealkylation sites (tertiary alicyclic amines) is 1. The summed E-state index contributed by atoms with van der Waals surface area (Å²) in [6.07, 6.45) is 6.60. The van der Waals surface area contributed by atoms with Crippen LogP contribution in [0.25, 0.3) is 0 Å². The van der Waals surface area contributed by atoms with Crippen molar-refractivity contribution in [1.82, 2.24) is 19.8 Å². The zero-order valence-electron chi connectivity index (χ0n) is 18.0. The minimum atomic E-state index is -0.706. The third-order valence-electron chi connectivity index (χ3n) is 5.97. The predicted octanol–water partition coefficient (Wildman–Crippen LogP) is 3.51. The van der Waals surface area contributed by atoms with Crippen LogP contribution in [0.1, 0.15) is 50.8 Å². The number of imidazole rings is 1. The summed E-state index contributed by atoms with van der Waals surface area (Å²) >= 11 is 0. The highest BCUT2D eigenvalue weighted by Crippen LogP contribution is 2.48. The molecule has 1 saturated heterocycles. The van der Waals surface area contributed by atoms with Gasteiger partial charge in [-0.3, -0.25) is 9.59 Å². The van der Waals surface area contributed by atoms with E-state index in [2.05, 4.69) is 25.1 Å². The number of aryl methyl sites for hydroxylation is 2. The van der Waals surface area contributed by atoms with Crippen molar-refractivity contribution >= 4 is 11.8 Å². The zero-order chi connectivity index (χ0) is 21.3. The molecule has 2 aliphatic rings. The molecule has 0 bridgehead atoms. The fourth-order valence-corrected chi connectivity index (χ4v) is 4.36. The summed E-state index contributed by atoms with van der Waals surface area (Å²) in [6.45, 7) is 17.0. The molecular formula is C23H32N4O2.